The van der Waals surface area contributed by atoms with Gasteiger partial charge < -0.3 is 19.5 Å². The molecule has 0 saturated carbocycles. The Labute approximate surface area is 179 Å². The molecule has 1 rings (SSSR count). The number of ether oxygens (including phenoxy) is 3. The van der Waals surface area contributed by atoms with Gasteiger partial charge >= 0.3 is 11.9 Å². The quantitative estimate of drug-likeness (QED) is 0.365. The number of benzene rings is 1. The molecule has 0 aliphatic heterocycles. The van der Waals surface area contributed by atoms with E-state index in [1.165, 1.54) is 40.0 Å². The monoisotopic (exact) mass is 421 g/mol. The summed E-state index contributed by atoms with van der Waals surface area (Å²) in [6.45, 7) is 6.61. The molecule has 0 aliphatic rings. The fourth-order valence-electron chi connectivity index (χ4n) is 3.10. The maximum absolute atomic E-state index is 11.8. The molecule has 0 heterocycles. The number of unbranched alkanes of at least 4 members (excludes halogenated alkanes) is 4. The molecule has 0 atom stereocenters. The van der Waals surface area contributed by atoms with Crippen molar-refractivity contribution in [1.82, 2.24) is 5.32 Å². The van der Waals surface area contributed by atoms with Crippen LogP contribution in [-0.2, 0) is 30.3 Å². The van der Waals surface area contributed by atoms with Crippen LogP contribution in [-0.4, -0.2) is 43.2 Å². The van der Waals surface area contributed by atoms with Gasteiger partial charge in [0, 0.05) is 27.2 Å². The van der Waals surface area contributed by atoms with E-state index in [1.54, 1.807) is 0 Å². The third kappa shape index (κ3) is 10.8. The summed E-state index contributed by atoms with van der Waals surface area (Å²) in [6, 6.07) is 7.53. The number of carbonyl (C=O) groups is 3. The fourth-order valence-corrected chi connectivity index (χ4v) is 3.10. The van der Waals surface area contributed by atoms with Gasteiger partial charge in [-0.15, -0.1) is 0 Å². The van der Waals surface area contributed by atoms with Gasteiger partial charge in [-0.25, -0.2) is 0 Å². The Morgan fingerprint density at radius 2 is 1.43 bits per heavy atom. The van der Waals surface area contributed by atoms with Gasteiger partial charge in [0.05, 0.1) is 6.61 Å². The third-order valence-corrected chi connectivity index (χ3v) is 4.53. The van der Waals surface area contributed by atoms with Gasteiger partial charge in [0.25, 0.3) is 0 Å². The van der Waals surface area contributed by atoms with Crippen molar-refractivity contribution >= 4 is 17.8 Å². The van der Waals surface area contributed by atoms with E-state index in [4.69, 9.17) is 14.2 Å². The number of carbonyl (C=O) groups excluding carboxylic acids is 3. The Morgan fingerprint density at radius 3 is 1.93 bits per heavy atom. The van der Waals surface area contributed by atoms with Crippen LogP contribution in [0.5, 0.6) is 5.75 Å². The van der Waals surface area contributed by atoms with Gasteiger partial charge in [-0.1, -0.05) is 44.7 Å². The van der Waals surface area contributed by atoms with Crippen LogP contribution in [0.1, 0.15) is 65.4 Å². The Balaban J connectivity index is 2.79. The van der Waals surface area contributed by atoms with Gasteiger partial charge in [0.2, 0.25) is 5.91 Å². The van der Waals surface area contributed by atoms with E-state index in [9.17, 15) is 14.4 Å². The van der Waals surface area contributed by atoms with Gasteiger partial charge in [0.15, 0.2) is 0 Å². The molecule has 0 aromatic heterocycles. The highest BCUT2D eigenvalue weighted by Gasteiger charge is 2.34. The van der Waals surface area contributed by atoms with Crippen LogP contribution < -0.4 is 10.1 Å². The highest BCUT2D eigenvalue weighted by atomic mass is 16.5. The summed E-state index contributed by atoms with van der Waals surface area (Å²) in [7, 11) is 0. The Bertz CT molecular complexity index is 653. The second kappa shape index (κ2) is 13.6. The van der Waals surface area contributed by atoms with Crippen molar-refractivity contribution in [2.75, 3.05) is 19.8 Å². The molecule has 0 unspecified atom stereocenters. The molecule has 1 amide bonds. The SMILES string of the molecule is CCCCCCCOc1ccc(CC(COC(C)=O)(COC(C)=O)NC(C)=O)cc1. The summed E-state index contributed by atoms with van der Waals surface area (Å²) in [4.78, 5) is 34.5. The first-order valence-corrected chi connectivity index (χ1v) is 10.5. The second-order valence-electron chi connectivity index (χ2n) is 7.61. The minimum absolute atomic E-state index is 0.106. The van der Waals surface area contributed by atoms with Gasteiger partial charge in [-0.3, -0.25) is 14.4 Å². The summed E-state index contributed by atoms with van der Waals surface area (Å²) in [5.41, 5.74) is -0.163. The Hall–Kier alpha value is -2.57. The van der Waals surface area contributed by atoms with E-state index in [0.29, 0.717) is 13.0 Å². The molecule has 1 aromatic carbocycles. The molecule has 0 spiro atoms. The van der Waals surface area contributed by atoms with E-state index >= 15 is 0 Å². The number of nitrogens with one attached hydrogen (secondary N) is 1. The van der Waals surface area contributed by atoms with Crippen molar-refractivity contribution in [2.45, 2.75) is 71.8 Å². The van der Waals surface area contributed by atoms with Crippen molar-refractivity contribution in [2.24, 2.45) is 0 Å². The number of rotatable bonds is 14. The molecule has 1 aromatic rings. The zero-order valence-corrected chi connectivity index (χ0v) is 18.6. The predicted molar refractivity (Wildman–Crippen MR) is 114 cm³/mol. The molecule has 1 N–H and O–H groups in total. The van der Waals surface area contributed by atoms with Gasteiger partial charge in [-0.2, -0.15) is 0 Å². The number of esters is 2. The molecule has 0 aliphatic carbocycles. The molecule has 7 nitrogen and oxygen atoms in total. The lowest BCUT2D eigenvalue weighted by atomic mass is 9.92. The first-order valence-electron chi connectivity index (χ1n) is 10.5. The molecule has 7 heteroatoms. The fraction of sp³-hybridized carbons (Fsp3) is 0.609. The van der Waals surface area contributed by atoms with E-state index in [0.717, 1.165) is 24.2 Å². The van der Waals surface area contributed by atoms with Crippen LogP contribution in [0.4, 0.5) is 0 Å². The van der Waals surface area contributed by atoms with E-state index < -0.39 is 17.5 Å². The van der Waals surface area contributed by atoms with Crippen molar-refractivity contribution in [3.8, 4) is 5.75 Å². The van der Waals surface area contributed by atoms with Gasteiger partial charge in [-0.05, 0) is 24.1 Å². The van der Waals surface area contributed by atoms with Crippen LogP contribution in [0.15, 0.2) is 24.3 Å². The maximum atomic E-state index is 11.8. The highest BCUT2D eigenvalue weighted by Crippen LogP contribution is 2.20. The lowest BCUT2D eigenvalue weighted by Crippen LogP contribution is -2.56. The zero-order valence-electron chi connectivity index (χ0n) is 18.6. The van der Waals surface area contributed by atoms with Crippen LogP contribution in [0.2, 0.25) is 0 Å². The molecule has 30 heavy (non-hydrogen) atoms. The molecule has 0 saturated heterocycles. The molecule has 0 radical (unpaired) electrons. The smallest absolute Gasteiger partial charge is 0.302 e. The van der Waals surface area contributed by atoms with Crippen molar-refractivity contribution < 1.29 is 28.6 Å². The van der Waals surface area contributed by atoms with Crippen molar-refractivity contribution in [3.05, 3.63) is 29.8 Å². The van der Waals surface area contributed by atoms with E-state index in [-0.39, 0.29) is 19.1 Å². The molecular formula is C23H35NO6. The van der Waals surface area contributed by atoms with Crippen LogP contribution in [0.3, 0.4) is 0 Å². The largest absolute Gasteiger partial charge is 0.494 e. The summed E-state index contributed by atoms with van der Waals surface area (Å²) < 4.78 is 16.1. The minimum atomic E-state index is -1.05. The number of amides is 1. The van der Waals surface area contributed by atoms with E-state index in [2.05, 4.69) is 12.2 Å². The standard InChI is InChI=1S/C23H35NO6/c1-5-6-7-8-9-14-28-22-12-10-21(11-13-22)15-23(24-18(2)25,16-29-19(3)26)17-30-20(4)27/h10-13H,5-9,14-17H2,1-4H3,(H,24,25). The maximum Gasteiger partial charge on any atom is 0.302 e. The third-order valence-electron chi connectivity index (χ3n) is 4.53. The molecule has 0 fully saturated rings. The van der Waals surface area contributed by atoms with E-state index in [1.807, 2.05) is 24.3 Å². The minimum Gasteiger partial charge on any atom is -0.494 e. The summed E-state index contributed by atoms with van der Waals surface area (Å²) in [6.07, 6.45) is 6.22. The van der Waals surface area contributed by atoms with Gasteiger partial charge in [0.1, 0.15) is 24.5 Å². The predicted octanol–water partition coefficient (Wildman–Crippen LogP) is 3.58. The first-order chi connectivity index (χ1) is 14.3. The van der Waals surface area contributed by atoms with Crippen molar-refractivity contribution in [3.63, 3.8) is 0 Å². The highest BCUT2D eigenvalue weighted by molar-refractivity contribution is 5.74. The van der Waals surface area contributed by atoms with Crippen molar-refractivity contribution in [1.29, 1.82) is 0 Å². The summed E-state index contributed by atoms with van der Waals surface area (Å²) in [5, 5.41) is 2.80. The molecular weight excluding hydrogens is 386 g/mol. The first kappa shape index (κ1) is 25.5. The second-order valence-corrected chi connectivity index (χ2v) is 7.61. The Kier molecular flexibility index (Phi) is 11.6. The Morgan fingerprint density at radius 1 is 0.867 bits per heavy atom. The summed E-state index contributed by atoms with van der Waals surface area (Å²) >= 11 is 0. The molecule has 0 bridgehead atoms. The lowest BCUT2D eigenvalue weighted by molar-refractivity contribution is -0.150. The normalized spacial score (nSPS) is 10.9. The number of hydrogen-bond acceptors (Lipinski definition) is 6. The van der Waals surface area contributed by atoms with Crippen LogP contribution in [0.25, 0.3) is 0 Å². The average Bonchev–Trinajstić information content (AvgIpc) is 2.68. The lowest BCUT2D eigenvalue weighted by Gasteiger charge is -2.33. The zero-order chi connectivity index (χ0) is 22.4. The average molecular weight is 422 g/mol. The topological polar surface area (TPSA) is 90.9 Å². The summed E-state index contributed by atoms with van der Waals surface area (Å²) in [5.74, 6) is -0.484. The van der Waals surface area contributed by atoms with Crippen LogP contribution >= 0.6 is 0 Å². The molecule has 168 valence electrons. The van der Waals surface area contributed by atoms with Crippen LogP contribution in [0, 0.1) is 0 Å². The number of hydrogen-bond donors (Lipinski definition) is 1.